The van der Waals surface area contributed by atoms with Gasteiger partial charge < -0.3 is 15.0 Å². The highest BCUT2D eigenvalue weighted by molar-refractivity contribution is 5.80. The van der Waals surface area contributed by atoms with Crippen LogP contribution in [0.2, 0.25) is 0 Å². The number of ether oxygens (including phenoxy) is 1. The molecule has 0 amide bonds. The molecule has 1 saturated heterocycles. The van der Waals surface area contributed by atoms with Crippen LogP contribution in [-0.2, 0) is 4.74 Å². The first-order chi connectivity index (χ1) is 10.8. The first kappa shape index (κ1) is 16.8. The highest BCUT2D eigenvalue weighted by Crippen LogP contribution is 2.26. The second-order valence-electron chi connectivity index (χ2n) is 5.63. The topological polar surface area (TPSA) is 36.9 Å². The van der Waals surface area contributed by atoms with Crippen molar-refractivity contribution in [3.8, 4) is 0 Å². The van der Waals surface area contributed by atoms with Gasteiger partial charge in [0.25, 0.3) is 0 Å². The Balaban J connectivity index is 1.88. The van der Waals surface area contributed by atoms with Crippen LogP contribution >= 0.6 is 0 Å². The molecule has 4 nitrogen and oxygen atoms in total. The standard InChI is InChI=1S/C18H29N3O/c1-3-19-18(20-12-8-14-22-4-2)21-13-11-17(15-21)16-9-6-5-7-10-16/h5-7,9-10,17H,3-4,8,11-15H2,1-2H3,(H,19,20). The van der Waals surface area contributed by atoms with Gasteiger partial charge in [0, 0.05) is 45.3 Å². The Bertz CT molecular complexity index is 447. The lowest BCUT2D eigenvalue weighted by atomic mass is 9.99. The van der Waals surface area contributed by atoms with Gasteiger partial charge in [-0.15, -0.1) is 0 Å². The Labute approximate surface area is 134 Å². The van der Waals surface area contributed by atoms with Crippen LogP contribution in [-0.4, -0.2) is 50.3 Å². The Morgan fingerprint density at radius 2 is 2.14 bits per heavy atom. The van der Waals surface area contributed by atoms with Crippen molar-refractivity contribution >= 4 is 5.96 Å². The average molecular weight is 303 g/mol. The molecular weight excluding hydrogens is 274 g/mol. The number of rotatable bonds is 7. The third-order valence-corrected chi connectivity index (χ3v) is 4.01. The largest absolute Gasteiger partial charge is 0.382 e. The molecule has 0 aliphatic carbocycles. The van der Waals surface area contributed by atoms with E-state index in [1.54, 1.807) is 0 Å². The minimum atomic E-state index is 0.619. The first-order valence-corrected chi connectivity index (χ1v) is 8.51. The molecular formula is C18H29N3O. The molecule has 1 unspecified atom stereocenters. The molecule has 0 bridgehead atoms. The van der Waals surface area contributed by atoms with E-state index in [-0.39, 0.29) is 0 Å². The van der Waals surface area contributed by atoms with Crippen molar-refractivity contribution in [2.45, 2.75) is 32.6 Å². The van der Waals surface area contributed by atoms with E-state index in [1.165, 1.54) is 12.0 Å². The van der Waals surface area contributed by atoms with Gasteiger partial charge in [-0.3, -0.25) is 4.99 Å². The fraction of sp³-hybridized carbons (Fsp3) is 0.611. The fourth-order valence-corrected chi connectivity index (χ4v) is 2.87. The van der Waals surface area contributed by atoms with Crippen molar-refractivity contribution in [1.82, 2.24) is 10.2 Å². The lowest BCUT2D eigenvalue weighted by molar-refractivity contribution is 0.146. The third kappa shape index (κ3) is 5.02. The van der Waals surface area contributed by atoms with E-state index in [1.807, 2.05) is 6.92 Å². The van der Waals surface area contributed by atoms with Crippen molar-refractivity contribution in [3.05, 3.63) is 35.9 Å². The van der Waals surface area contributed by atoms with Crippen molar-refractivity contribution in [3.63, 3.8) is 0 Å². The monoisotopic (exact) mass is 303 g/mol. The minimum absolute atomic E-state index is 0.619. The number of nitrogens with one attached hydrogen (secondary N) is 1. The molecule has 22 heavy (non-hydrogen) atoms. The summed E-state index contributed by atoms with van der Waals surface area (Å²) in [5.41, 5.74) is 1.44. The van der Waals surface area contributed by atoms with Crippen molar-refractivity contribution in [2.75, 3.05) is 39.4 Å². The van der Waals surface area contributed by atoms with Gasteiger partial charge in [-0.1, -0.05) is 30.3 Å². The molecule has 1 fully saturated rings. The number of benzene rings is 1. The van der Waals surface area contributed by atoms with Crippen LogP contribution in [0.4, 0.5) is 0 Å². The van der Waals surface area contributed by atoms with Crippen LogP contribution in [0.1, 0.15) is 38.2 Å². The Hall–Kier alpha value is -1.55. The van der Waals surface area contributed by atoms with E-state index in [0.717, 1.165) is 51.8 Å². The molecule has 1 aromatic rings. The lowest BCUT2D eigenvalue weighted by Gasteiger charge is -2.21. The number of guanidine groups is 1. The number of likely N-dealkylation sites (tertiary alicyclic amines) is 1. The fourth-order valence-electron chi connectivity index (χ4n) is 2.87. The van der Waals surface area contributed by atoms with E-state index >= 15 is 0 Å². The predicted molar refractivity (Wildman–Crippen MR) is 92.5 cm³/mol. The summed E-state index contributed by atoms with van der Waals surface area (Å²) in [5.74, 6) is 1.67. The van der Waals surface area contributed by atoms with Crippen LogP contribution in [0, 0.1) is 0 Å². The van der Waals surface area contributed by atoms with Gasteiger partial charge in [0.15, 0.2) is 5.96 Å². The normalized spacial score (nSPS) is 18.7. The molecule has 0 spiro atoms. The number of hydrogen-bond donors (Lipinski definition) is 1. The number of nitrogens with zero attached hydrogens (tertiary/aromatic N) is 2. The van der Waals surface area contributed by atoms with Crippen LogP contribution in [0.5, 0.6) is 0 Å². The van der Waals surface area contributed by atoms with Crippen LogP contribution in [0.15, 0.2) is 35.3 Å². The summed E-state index contributed by atoms with van der Waals surface area (Å²) in [6, 6.07) is 10.8. The second-order valence-corrected chi connectivity index (χ2v) is 5.63. The molecule has 1 N–H and O–H groups in total. The zero-order valence-corrected chi connectivity index (χ0v) is 13.9. The molecule has 1 aliphatic rings. The summed E-state index contributed by atoms with van der Waals surface area (Å²) >= 11 is 0. The molecule has 2 rings (SSSR count). The zero-order valence-electron chi connectivity index (χ0n) is 13.9. The minimum Gasteiger partial charge on any atom is -0.382 e. The Kier molecular flexibility index (Phi) is 7.23. The smallest absolute Gasteiger partial charge is 0.193 e. The first-order valence-electron chi connectivity index (χ1n) is 8.51. The van der Waals surface area contributed by atoms with Crippen LogP contribution < -0.4 is 5.32 Å². The molecule has 1 aliphatic heterocycles. The summed E-state index contributed by atoms with van der Waals surface area (Å²) in [6.45, 7) is 9.62. The SMILES string of the molecule is CCNC(=NCCCOCC)N1CCC(c2ccccc2)C1. The highest BCUT2D eigenvalue weighted by Gasteiger charge is 2.25. The highest BCUT2D eigenvalue weighted by atomic mass is 16.5. The quantitative estimate of drug-likeness (QED) is 0.478. The van der Waals surface area contributed by atoms with Gasteiger partial charge in [0.2, 0.25) is 0 Å². The summed E-state index contributed by atoms with van der Waals surface area (Å²) in [4.78, 5) is 7.14. The summed E-state index contributed by atoms with van der Waals surface area (Å²) in [5, 5.41) is 3.42. The van der Waals surface area contributed by atoms with E-state index in [0.29, 0.717) is 5.92 Å². The van der Waals surface area contributed by atoms with E-state index in [9.17, 15) is 0 Å². The Morgan fingerprint density at radius 3 is 2.86 bits per heavy atom. The average Bonchev–Trinajstić information content (AvgIpc) is 3.04. The van der Waals surface area contributed by atoms with Crippen molar-refractivity contribution in [2.24, 2.45) is 4.99 Å². The molecule has 0 saturated carbocycles. The molecule has 0 aromatic heterocycles. The third-order valence-electron chi connectivity index (χ3n) is 4.01. The van der Waals surface area contributed by atoms with Crippen molar-refractivity contribution < 1.29 is 4.74 Å². The summed E-state index contributed by atoms with van der Waals surface area (Å²) in [7, 11) is 0. The maximum atomic E-state index is 5.37. The lowest BCUT2D eigenvalue weighted by Crippen LogP contribution is -2.40. The zero-order chi connectivity index (χ0) is 15.6. The predicted octanol–water partition coefficient (Wildman–Crippen LogP) is 2.87. The molecule has 1 heterocycles. The second kappa shape index (κ2) is 9.46. The Morgan fingerprint density at radius 1 is 1.32 bits per heavy atom. The van der Waals surface area contributed by atoms with Gasteiger partial charge in [0.05, 0.1) is 0 Å². The van der Waals surface area contributed by atoms with Gasteiger partial charge >= 0.3 is 0 Å². The van der Waals surface area contributed by atoms with Gasteiger partial charge in [-0.05, 0) is 32.3 Å². The van der Waals surface area contributed by atoms with E-state index in [4.69, 9.17) is 9.73 Å². The summed E-state index contributed by atoms with van der Waals surface area (Å²) in [6.07, 6.45) is 2.19. The molecule has 1 aromatic carbocycles. The maximum absolute atomic E-state index is 5.37. The molecule has 1 atom stereocenters. The van der Waals surface area contributed by atoms with Crippen LogP contribution in [0.3, 0.4) is 0 Å². The molecule has 122 valence electrons. The molecule has 4 heteroatoms. The van der Waals surface area contributed by atoms with Crippen LogP contribution in [0.25, 0.3) is 0 Å². The summed E-state index contributed by atoms with van der Waals surface area (Å²) < 4.78 is 5.37. The number of hydrogen-bond acceptors (Lipinski definition) is 2. The number of aliphatic imine (C=N–C) groups is 1. The van der Waals surface area contributed by atoms with E-state index in [2.05, 4.69) is 47.5 Å². The maximum Gasteiger partial charge on any atom is 0.193 e. The van der Waals surface area contributed by atoms with E-state index < -0.39 is 0 Å². The van der Waals surface area contributed by atoms with Gasteiger partial charge in [-0.2, -0.15) is 0 Å². The van der Waals surface area contributed by atoms with Crippen molar-refractivity contribution in [1.29, 1.82) is 0 Å². The molecule has 0 radical (unpaired) electrons. The van der Waals surface area contributed by atoms with Gasteiger partial charge in [-0.25, -0.2) is 0 Å². The van der Waals surface area contributed by atoms with Gasteiger partial charge in [0.1, 0.15) is 0 Å².